The number of halogens is 2. The Morgan fingerprint density at radius 1 is 0.917 bits per heavy atom. The topological polar surface area (TPSA) is 96.9 Å². The van der Waals surface area contributed by atoms with Crippen LogP contribution in [0.4, 0.5) is 4.39 Å². The largest absolute Gasteiger partial charge is 0.391 e. The molecule has 0 aromatic carbocycles. The molecule has 3 N–H and O–H groups in total. The van der Waals surface area contributed by atoms with Crippen molar-refractivity contribution in [3.05, 3.63) is 0 Å². The number of carbonyl (C=O) groups excluding carboxylic acids is 2. The predicted octanol–water partition coefficient (Wildman–Crippen LogP) is 3.64. The van der Waals surface area contributed by atoms with E-state index in [1.807, 2.05) is 0 Å². The van der Waals surface area contributed by atoms with E-state index in [0.29, 0.717) is 62.7 Å². The van der Waals surface area contributed by atoms with E-state index in [1.165, 1.54) is 0 Å². The summed E-state index contributed by atoms with van der Waals surface area (Å²) in [4.78, 5) is 25.4. The molecule has 5 aliphatic carbocycles. The number of fused-ring (bicyclic) bond motifs is 3. The van der Waals surface area contributed by atoms with Crippen molar-refractivity contribution in [1.82, 2.24) is 10.6 Å². The molecule has 7 nitrogen and oxygen atoms in total. The third-order valence-corrected chi connectivity index (χ3v) is 10.2. The lowest BCUT2D eigenvalue weighted by Gasteiger charge is -2.56. The summed E-state index contributed by atoms with van der Waals surface area (Å²) in [5.74, 6) is 1.41. The second-order valence-electron chi connectivity index (χ2n) is 12.2. The van der Waals surface area contributed by atoms with E-state index >= 15 is 0 Å². The van der Waals surface area contributed by atoms with Crippen LogP contribution in [0.2, 0.25) is 0 Å². The Balaban J connectivity index is 1.21. The number of aliphatic hydroxyl groups excluding tert-OH is 1. The molecule has 36 heavy (non-hydrogen) atoms. The summed E-state index contributed by atoms with van der Waals surface area (Å²) < 4.78 is 25.5. The van der Waals surface area contributed by atoms with Crippen LogP contribution in [0.5, 0.6) is 0 Å². The Kier molecular flexibility index (Phi) is 8.90. The number of nitrogens with one attached hydrogen (secondary N) is 2. The number of hydrogen-bond acceptors (Lipinski definition) is 5. The van der Waals surface area contributed by atoms with Gasteiger partial charge in [-0.25, -0.2) is 4.39 Å². The number of aliphatic hydroxyl groups is 1. The molecule has 0 aromatic heterocycles. The molecule has 0 heterocycles. The van der Waals surface area contributed by atoms with Gasteiger partial charge in [-0.15, -0.1) is 11.6 Å². The van der Waals surface area contributed by atoms with Gasteiger partial charge in [0, 0.05) is 12.0 Å². The van der Waals surface area contributed by atoms with E-state index in [4.69, 9.17) is 21.1 Å². The maximum atomic E-state index is 13.8. The molecular weight excluding hydrogens is 487 g/mol. The molecular formula is C27H44ClFN2O5. The van der Waals surface area contributed by atoms with Crippen molar-refractivity contribution >= 4 is 23.4 Å². The van der Waals surface area contributed by atoms with Crippen molar-refractivity contribution in [2.24, 2.45) is 17.8 Å². The van der Waals surface area contributed by atoms with Crippen molar-refractivity contribution in [3.63, 3.8) is 0 Å². The Bertz CT molecular complexity index is 780. The molecule has 6 atom stereocenters. The lowest BCUT2D eigenvalue weighted by Crippen LogP contribution is -2.70. The van der Waals surface area contributed by atoms with Crippen LogP contribution in [0.3, 0.4) is 0 Å². The lowest BCUT2D eigenvalue weighted by molar-refractivity contribution is -0.142. The minimum absolute atomic E-state index is 0.0426. The molecule has 0 spiro atoms. The van der Waals surface area contributed by atoms with Crippen molar-refractivity contribution < 1.29 is 28.6 Å². The predicted molar refractivity (Wildman–Crippen MR) is 135 cm³/mol. The van der Waals surface area contributed by atoms with Crippen molar-refractivity contribution in [3.8, 4) is 0 Å². The highest BCUT2D eigenvalue weighted by Gasteiger charge is 2.55. The zero-order valence-corrected chi connectivity index (χ0v) is 22.7. The van der Waals surface area contributed by atoms with E-state index in [2.05, 4.69) is 31.4 Å². The quantitative estimate of drug-likeness (QED) is 0.416. The number of rotatable bonds is 8. The summed E-state index contributed by atoms with van der Waals surface area (Å²) in [7, 11) is 0. The molecule has 5 unspecified atom stereocenters. The average Bonchev–Trinajstić information content (AvgIpc) is 2.83. The first-order valence-corrected chi connectivity index (χ1v) is 14.3. The maximum absolute atomic E-state index is 13.8. The van der Waals surface area contributed by atoms with Gasteiger partial charge in [0.05, 0.1) is 29.2 Å². The van der Waals surface area contributed by atoms with Crippen LogP contribution in [0, 0.1) is 17.8 Å². The van der Waals surface area contributed by atoms with Gasteiger partial charge in [0.15, 0.2) is 0 Å². The molecule has 9 heteroatoms. The number of hydrogen-bond donors (Lipinski definition) is 3. The normalized spacial score (nSPS) is 44.7. The van der Waals surface area contributed by atoms with Gasteiger partial charge < -0.3 is 25.2 Å². The van der Waals surface area contributed by atoms with Crippen LogP contribution in [-0.4, -0.2) is 71.1 Å². The van der Waals surface area contributed by atoms with Gasteiger partial charge >= 0.3 is 0 Å². The van der Waals surface area contributed by atoms with E-state index < -0.39 is 28.7 Å². The summed E-state index contributed by atoms with van der Waals surface area (Å²) in [5, 5.41) is 16.7. The minimum Gasteiger partial charge on any atom is -0.391 e. The molecule has 5 saturated carbocycles. The zero-order valence-electron chi connectivity index (χ0n) is 21.9. The van der Waals surface area contributed by atoms with Gasteiger partial charge in [0.1, 0.15) is 19.4 Å². The van der Waals surface area contributed by atoms with Crippen LogP contribution in [0.1, 0.15) is 85.0 Å². The summed E-state index contributed by atoms with van der Waals surface area (Å²) >= 11 is 5.92. The minimum atomic E-state index is -1.11. The van der Waals surface area contributed by atoms with Crippen LogP contribution in [-0.2, 0) is 19.1 Å². The van der Waals surface area contributed by atoms with Gasteiger partial charge in [-0.1, -0.05) is 20.8 Å². The molecule has 0 aliphatic heterocycles. The standard InChI is InChI=1S/C27H44ClFN2O5/c1-16-10-20(11-17(2)18(16)3)36-14-24(33)30-26-6-8-27(9-7-26,23(32)13-26)31-25(34)15-35-19-4-5-21(28)22(29)12-19/h16-23,32H,4-15H2,1-3H3,(H,30,33)(H,31,34)/t16?,17?,18?,19?,20?,21?,22?,23-,26?,27?/m0/s1. The fraction of sp³-hybridized carbons (Fsp3) is 0.926. The Hall–Kier alpha value is -0.960. The molecule has 0 saturated heterocycles. The molecule has 5 fully saturated rings. The highest BCUT2D eigenvalue weighted by Crippen LogP contribution is 2.47. The molecule has 2 amide bonds. The number of ether oxygens (including phenoxy) is 2. The average molecular weight is 531 g/mol. The van der Waals surface area contributed by atoms with Crippen LogP contribution < -0.4 is 10.6 Å². The zero-order chi connectivity index (χ0) is 26.1. The third-order valence-electron chi connectivity index (χ3n) is 9.72. The Morgan fingerprint density at radius 3 is 2.08 bits per heavy atom. The fourth-order valence-corrected chi connectivity index (χ4v) is 7.17. The van der Waals surface area contributed by atoms with E-state index in [9.17, 15) is 19.1 Å². The number of alkyl halides is 2. The maximum Gasteiger partial charge on any atom is 0.246 e. The van der Waals surface area contributed by atoms with E-state index in [1.54, 1.807) is 0 Å². The van der Waals surface area contributed by atoms with Crippen LogP contribution in [0.25, 0.3) is 0 Å². The summed E-state index contributed by atoms with van der Waals surface area (Å²) in [6.45, 7) is 6.68. The summed E-state index contributed by atoms with van der Waals surface area (Å²) in [5.41, 5.74) is -1.16. The van der Waals surface area contributed by atoms with Crippen molar-refractivity contribution in [2.45, 2.75) is 126 Å². The number of amides is 2. The fourth-order valence-electron chi connectivity index (χ4n) is 6.94. The van der Waals surface area contributed by atoms with Crippen LogP contribution >= 0.6 is 11.6 Å². The number of carbonyl (C=O) groups is 2. The Morgan fingerprint density at radius 2 is 1.50 bits per heavy atom. The third kappa shape index (κ3) is 6.36. The summed E-state index contributed by atoms with van der Waals surface area (Å²) in [6.07, 6.45) is 4.23. The van der Waals surface area contributed by atoms with Gasteiger partial charge in [-0.3, -0.25) is 9.59 Å². The molecule has 5 rings (SSSR count). The van der Waals surface area contributed by atoms with E-state index in [-0.39, 0.29) is 43.7 Å². The van der Waals surface area contributed by atoms with Crippen molar-refractivity contribution in [1.29, 1.82) is 0 Å². The van der Waals surface area contributed by atoms with Gasteiger partial charge in [0.2, 0.25) is 11.8 Å². The van der Waals surface area contributed by atoms with Crippen molar-refractivity contribution in [2.75, 3.05) is 13.2 Å². The monoisotopic (exact) mass is 530 g/mol. The highest BCUT2D eigenvalue weighted by molar-refractivity contribution is 6.21. The SMILES string of the molecule is CC1CC(OCC(=O)NC23CCC(NC(=O)COC4CCC(Cl)C(F)C4)(CC2)[C@@H](O)C3)CC(C)C1C. The molecule has 206 valence electrons. The van der Waals surface area contributed by atoms with E-state index in [0.717, 1.165) is 12.8 Å². The van der Waals surface area contributed by atoms with Crippen LogP contribution in [0.15, 0.2) is 0 Å². The molecule has 0 radical (unpaired) electrons. The first kappa shape index (κ1) is 28.1. The first-order valence-electron chi connectivity index (χ1n) is 13.8. The second kappa shape index (κ2) is 11.4. The molecule has 2 bridgehead atoms. The Labute approximate surface area is 219 Å². The molecule has 0 aromatic rings. The smallest absolute Gasteiger partial charge is 0.246 e. The molecule has 5 aliphatic rings. The first-order chi connectivity index (χ1) is 17.0. The highest BCUT2D eigenvalue weighted by atomic mass is 35.5. The van der Waals surface area contributed by atoms with Gasteiger partial charge in [-0.05, 0) is 75.5 Å². The summed E-state index contributed by atoms with van der Waals surface area (Å²) in [6, 6.07) is 0. The second-order valence-corrected chi connectivity index (χ2v) is 12.8. The van der Waals surface area contributed by atoms with Gasteiger partial charge in [0.25, 0.3) is 0 Å². The van der Waals surface area contributed by atoms with Gasteiger partial charge in [-0.2, -0.15) is 0 Å². The lowest BCUT2D eigenvalue weighted by atomic mass is 9.60.